The fraction of sp³-hybridized carbons (Fsp3) is 1.00. The zero-order valence-electron chi connectivity index (χ0n) is 18.3. The first kappa shape index (κ1) is 20.2. The lowest BCUT2D eigenvalue weighted by molar-refractivity contribution is -0.260. The Labute approximate surface area is 166 Å². The summed E-state index contributed by atoms with van der Waals surface area (Å²) in [6.07, 6.45) is 15.5. The van der Waals surface area contributed by atoms with Crippen molar-refractivity contribution in [2.45, 2.75) is 127 Å². The third kappa shape index (κ3) is 3.20. The SMILES string of the molecule is CCC(OC(CC)(C1CCCCC1)C1(C)CO1)(C1CCCCC1)C1(C)CO1. The van der Waals surface area contributed by atoms with Crippen molar-refractivity contribution >= 4 is 0 Å². The van der Waals surface area contributed by atoms with Crippen LogP contribution in [0.2, 0.25) is 0 Å². The van der Waals surface area contributed by atoms with E-state index in [4.69, 9.17) is 14.2 Å². The van der Waals surface area contributed by atoms with Crippen LogP contribution < -0.4 is 0 Å². The van der Waals surface area contributed by atoms with Crippen molar-refractivity contribution in [3.05, 3.63) is 0 Å². The average Bonchev–Trinajstić information content (AvgIpc) is 3.64. The molecule has 0 radical (unpaired) electrons. The van der Waals surface area contributed by atoms with Gasteiger partial charge in [-0.2, -0.15) is 0 Å². The quantitative estimate of drug-likeness (QED) is 0.483. The molecule has 2 heterocycles. The van der Waals surface area contributed by atoms with Crippen molar-refractivity contribution in [1.29, 1.82) is 0 Å². The summed E-state index contributed by atoms with van der Waals surface area (Å²) in [7, 11) is 0. The van der Waals surface area contributed by atoms with Gasteiger partial charge in [-0.25, -0.2) is 0 Å². The van der Waals surface area contributed by atoms with Gasteiger partial charge in [0.25, 0.3) is 0 Å². The molecule has 27 heavy (non-hydrogen) atoms. The molecule has 0 amide bonds. The number of rotatable bonds is 8. The summed E-state index contributed by atoms with van der Waals surface area (Å²) in [4.78, 5) is 0. The van der Waals surface area contributed by atoms with E-state index in [1.807, 2.05) is 0 Å². The lowest BCUT2D eigenvalue weighted by Gasteiger charge is -2.55. The predicted molar refractivity (Wildman–Crippen MR) is 109 cm³/mol. The number of ether oxygens (including phenoxy) is 3. The molecule has 2 aliphatic heterocycles. The molecule has 156 valence electrons. The van der Waals surface area contributed by atoms with E-state index in [0.29, 0.717) is 11.8 Å². The molecule has 4 fully saturated rings. The second-order valence-electron chi connectivity index (χ2n) is 10.3. The molecule has 2 aliphatic carbocycles. The monoisotopic (exact) mass is 378 g/mol. The molecule has 4 atom stereocenters. The van der Waals surface area contributed by atoms with Crippen LogP contribution in [0.25, 0.3) is 0 Å². The van der Waals surface area contributed by atoms with Crippen LogP contribution in [0, 0.1) is 11.8 Å². The molecule has 3 nitrogen and oxygen atoms in total. The van der Waals surface area contributed by atoms with E-state index in [1.165, 1.54) is 64.2 Å². The van der Waals surface area contributed by atoms with Gasteiger partial charge < -0.3 is 14.2 Å². The molecule has 3 heteroatoms. The van der Waals surface area contributed by atoms with Crippen LogP contribution >= 0.6 is 0 Å². The van der Waals surface area contributed by atoms with E-state index in [0.717, 1.165) is 26.1 Å². The Morgan fingerprint density at radius 3 is 1.30 bits per heavy atom. The number of hydrogen-bond donors (Lipinski definition) is 0. The molecule has 0 bridgehead atoms. The van der Waals surface area contributed by atoms with Crippen molar-refractivity contribution in [3.8, 4) is 0 Å². The first-order chi connectivity index (χ1) is 13.0. The Kier molecular flexibility index (Phi) is 5.44. The standard InChI is InChI=1S/C24H42O3/c1-5-23(21(3)17-25-21,19-13-9-7-10-14-19)27-24(6-2,22(4)18-26-22)20-15-11-8-12-16-20/h19-20H,5-18H2,1-4H3. The van der Waals surface area contributed by atoms with Crippen LogP contribution in [0.3, 0.4) is 0 Å². The lowest BCUT2D eigenvalue weighted by Crippen LogP contribution is -2.63. The maximum absolute atomic E-state index is 7.61. The van der Waals surface area contributed by atoms with Gasteiger partial charge >= 0.3 is 0 Å². The largest absolute Gasteiger partial charge is 0.367 e. The van der Waals surface area contributed by atoms with Gasteiger partial charge in [0.1, 0.15) is 22.4 Å². The van der Waals surface area contributed by atoms with Crippen molar-refractivity contribution < 1.29 is 14.2 Å². The van der Waals surface area contributed by atoms with E-state index in [2.05, 4.69) is 27.7 Å². The fourth-order valence-electron chi connectivity index (χ4n) is 6.88. The highest BCUT2D eigenvalue weighted by molar-refractivity contribution is 5.17. The average molecular weight is 379 g/mol. The summed E-state index contributed by atoms with van der Waals surface area (Å²) in [6.45, 7) is 11.1. The molecule has 4 rings (SSSR count). The Morgan fingerprint density at radius 2 is 1.04 bits per heavy atom. The molecule has 2 saturated carbocycles. The van der Waals surface area contributed by atoms with E-state index in [1.54, 1.807) is 0 Å². The summed E-state index contributed by atoms with van der Waals surface area (Å²) in [6, 6.07) is 0. The van der Waals surface area contributed by atoms with Crippen molar-refractivity contribution in [2.75, 3.05) is 13.2 Å². The Hall–Kier alpha value is -0.120. The minimum Gasteiger partial charge on any atom is -0.367 e. The van der Waals surface area contributed by atoms with Gasteiger partial charge in [0, 0.05) is 0 Å². The number of hydrogen-bond acceptors (Lipinski definition) is 3. The van der Waals surface area contributed by atoms with Gasteiger partial charge in [0.2, 0.25) is 0 Å². The van der Waals surface area contributed by atoms with Gasteiger partial charge in [-0.3, -0.25) is 0 Å². The molecule has 0 aromatic rings. The highest BCUT2D eigenvalue weighted by atomic mass is 16.7. The van der Waals surface area contributed by atoms with Gasteiger partial charge in [0.05, 0.1) is 13.2 Å². The Bertz CT molecular complexity index is 466. The minimum absolute atomic E-state index is 0.107. The van der Waals surface area contributed by atoms with Gasteiger partial charge in [-0.1, -0.05) is 52.4 Å². The first-order valence-corrected chi connectivity index (χ1v) is 11.9. The molecular formula is C24H42O3. The summed E-state index contributed by atoms with van der Waals surface area (Å²) in [5.74, 6) is 1.25. The number of epoxide rings is 2. The maximum Gasteiger partial charge on any atom is 0.118 e. The maximum atomic E-state index is 7.61. The minimum atomic E-state index is -0.157. The highest BCUT2D eigenvalue weighted by Gasteiger charge is 2.69. The van der Waals surface area contributed by atoms with E-state index in [-0.39, 0.29) is 22.4 Å². The third-order valence-electron chi connectivity index (χ3n) is 8.89. The molecule has 0 spiro atoms. The molecule has 0 N–H and O–H groups in total. The summed E-state index contributed by atoms with van der Waals surface area (Å²) in [5.41, 5.74) is -0.528. The van der Waals surface area contributed by atoms with Crippen LogP contribution in [0.15, 0.2) is 0 Å². The van der Waals surface area contributed by atoms with Crippen molar-refractivity contribution in [1.82, 2.24) is 0 Å². The summed E-state index contributed by atoms with van der Waals surface area (Å²) >= 11 is 0. The third-order valence-corrected chi connectivity index (χ3v) is 8.89. The first-order valence-electron chi connectivity index (χ1n) is 11.9. The van der Waals surface area contributed by atoms with E-state index >= 15 is 0 Å². The topological polar surface area (TPSA) is 34.3 Å². The fourth-order valence-corrected chi connectivity index (χ4v) is 6.88. The highest BCUT2D eigenvalue weighted by Crippen LogP contribution is 2.59. The molecular weight excluding hydrogens is 336 g/mol. The van der Waals surface area contributed by atoms with Crippen LogP contribution in [-0.2, 0) is 14.2 Å². The van der Waals surface area contributed by atoms with Crippen molar-refractivity contribution in [2.24, 2.45) is 11.8 Å². The second kappa shape index (κ2) is 7.29. The molecule has 4 unspecified atom stereocenters. The lowest BCUT2D eigenvalue weighted by atomic mass is 9.65. The van der Waals surface area contributed by atoms with Crippen molar-refractivity contribution in [3.63, 3.8) is 0 Å². The Morgan fingerprint density at radius 1 is 0.704 bits per heavy atom. The normalized spacial score (nSPS) is 39.6. The van der Waals surface area contributed by atoms with Crippen LogP contribution in [0.4, 0.5) is 0 Å². The molecule has 0 aromatic heterocycles. The van der Waals surface area contributed by atoms with Gasteiger partial charge in [-0.15, -0.1) is 0 Å². The van der Waals surface area contributed by atoms with Crippen LogP contribution in [0.5, 0.6) is 0 Å². The van der Waals surface area contributed by atoms with Crippen LogP contribution in [-0.4, -0.2) is 35.6 Å². The summed E-state index contributed by atoms with van der Waals surface area (Å²) in [5, 5.41) is 0. The molecule has 4 aliphatic rings. The molecule has 2 saturated heterocycles. The van der Waals surface area contributed by atoms with Gasteiger partial charge in [-0.05, 0) is 64.2 Å². The Balaban J connectivity index is 1.71. The predicted octanol–water partition coefficient (Wildman–Crippen LogP) is 6.04. The zero-order chi connectivity index (χ0) is 19.2. The van der Waals surface area contributed by atoms with Crippen LogP contribution in [0.1, 0.15) is 105 Å². The summed E-state index contributed by atoms with van der Waals surface area (Å²) < 4.78 is 19.9. The van der Waals surface area contributed by atoms with Gasteiger partial charge in [0.15, 0.2) is 0 Å². The second-order valence-corrected chi connectivity index (χ2v) is 10.3. The van der Waals surface area contributed by atoms with E-state index in [9.17, 15) is 0 Å². The zero-order valence-corrected chi connectivity index (χ0v) is 18.3. The molecule has 0 aromatic carbocycles. The smallest absolute Gasteiger partial charge is 0.118 e. The van der Waals surface area contributed by atoms with E-state index < -0.39 is 0 Å².